The molecule has 30 heavy (non-hydrogen) atoms. The van der Waals surface area contributed by atoms with E-state index in [4.69, 9.17) is 6.42 Å². The molecule has 152 valence electrons. The predicted octanol–water partition coefficient (Wildman–Crippen LogP) is 2.85. The number of aromatic nitrogens is 1. The molecule has 3 aromatic rings. The van der Waals surface area contributed by atoms with Gasteiger partial charge in [0.15, 0.2) is 0 Å². The second kappa shape index (κ2) is 9.35. The van der Waals surface area contributed by atoms with Crippen molar-refractivity contribution in [3.63, 3.8) is 0 Å². The van der Waals surface area contributed by atoms with Crippen LogP contribution >= 0.6 is 0 Å². The number of sulfonamides is 1. The SMILES string of the molecule is C#CCNS(=O)(=O)c1ccc(C(=O)N(C)C(c2ccccc2)c2ccccn2)cc1. The molecule has 0 aliphatic rings. The van der Waals surface area contributed by atoms with Crippen molar-refractivity contribution in [1.29, 1.82) is 0 Å². The van der Waals surface area contributed by atoms with Crippen molar-refractivity contribution in [1.82, 2.24) is 14.6 Å². The van der Waals surface area contributed by atoms with Gasteiger partial charge in [-0.3, -0.25) is 9.78 Å². The smallest absolute Gasteiger partial charge is 0.254 e. The molecular formula is C23H21N3O3S. The van der Waals surface area contributed by atoms with Crippen molar-refractivity contribution in [2.45, 2.75) is 10.9 Å². The lowest BCUT2D eigenvalue weighted by molar-refractivity contribution is 0.0752. The summed E-state index contributed by atoms with van der Waals surface area (Å²) in [5.74, 6) is 1.97. The zero-order chi connectivity index (χ0) is 21.6. The predicted molar refractivity (Wildman–Crippen MR) is 115 cm³/mol. The molecule has 2 aromatic carbocycles. The Morgan fingerprint density at radius 2 is 1.73 bits per heavy atom. The Morgan fingerprint density at radius 3 is 2.33 bits per heavy atom. The number of pyridine rings is 1. The molecule has 0 bridgehead atoms. The molecule has 0 spiro atoms. The molecule has 0 aliphatic heterocycles. The number of nitrogens with zero attached hydrogens (tertiary/aromatic N) is 2. The van der Waals surface area contributed by atoms with E-state index < -0.39 is 10.0 Å². The molecule has 1 N–H and O–H groups in total. The van der Waals surface area contributed by atoms with Gasteiger partial charge in [-0.2, -0.15) is 4.72 Å². The van der Waals surface area contributed by atoms with Gasteiger partial charge in [-0.1, -0.05) is 42.3 Å². The van der Waals surface area contributed by atoms with E-state index in [0.717, 1.165) is 11.3 Å². The Bertz CT molecular complexity index is 1100. The summed E-state index contributed by atoms with van der Waals surface area (Å²) in [6.07, 6.45) is 6.79. The minimum atomic E-state index is -3.71. The minimum Gasteiger partial charge on any atom is -0.329 e. The lowest BCUT2D eigenvalue weighted by atomic mass is 10.0. The van der Waals surface area contributed by atoms with Gasteiger partial charge >= 0.3 is 0 Å². The van der Waals surface area contributed by atoms with E-state index in [9.17, 15) is 13.2 Å². The summed E-state index contributed by atoms with van der Waals surface area (Å²) in [6.45, 7) is -0.103. The van der Waals surface area contributed by atoms with Crippen LogP contribution in [0.1, 0.15) is 27.7 Å². The summed E-state index contributed by atoms with van der Waals surface area (Å²) in [6, 6.07) is 20.5. The van der Waals surface area contributed by atoms with Crippen LogP contribution in [0.4, 0.5) is 0 Å². The first-order valence-electron chi connectivity index (χ1n) is 9.20. The molecule has 1 heterocycles. The Balaban J connectivity index is 1.90. The average molecular weight is 420 g/mol. The molecule has 7 heteroatoms. The molecule has 0 fully saturated rings. The van der Waals surface area contributed by atoms with E-state index in [1.54, 1.807) is 18.1 Å². The van der Waals surface area contributed by atoms with Gasteiger partial charge in [0.2, 0.25) is 10.0 Å². The van der Waals surface area contributed by atoms with Crippen molar-refractivity contribution in [2.24, 2.45) is 0 Å². The molecule has 0 radical (unpaired) electrons. The maximum absolute atomic E-state index is 13.2. The van der Waals surface area contributed by atoms with Gasteiger partial charge in [0.05, 0.1) is 23.2 Å². The van der Waals surface area contributed by atoms with Crippen molar-refractivity contribution in [3.05, 3.63) is 95.8 Å². The van der Waals surface area contributed by atoms with Gasteiger partial charge in [0, 0.05) is 18.8 Å². The number of nitrogens with one attached hydrogen (secondary N) is 1. The van der Waals surface area contributed by atoms with Crippen LogP contribution in [0, 0.1) is 12.3 Å². The molecule has 6 nitrogen and oxygen atoms in total. The maximum atomic E-state index is 13.2. The van der Waals surface area contributed by atoms with Gasteiger partial charge in [-0.15, -0.1) is 6.42 Å². The number of terminal acetylenes is 1. The normalized spacial score (nSPS) is 12.0. The summed E-state index contributed by atoms with van der Waals surface area (Å²) in [5, 5.41) is 0. The van der Waals surface area contributed by atoms with Crippen LogP contribution in [0.15, 0.2) is 83.9 Å². The van der Waals surface area contributed by atoms with E-state index in [-0.39, 0.29) is 23.4 Å². The van der Waals surface area contributed by atoms with E-state index in [1.165, 1.54) is 24.3 Å². The highest BCUT2D eigenvalue weighted by atomic mass is 32.2. The molecular weight excluding hydrogens is 398 g/mol. The van der Waals surface area contributed by atoms with E-state index >= 15 is 0 Å². The highest BCUT2D eigenvalue weighted by molar-refractivity contribution is 7.89. The topological polar surface area (TPSA) is 79.4 Å². The number of amides is 1. The molecule has 1 unspecified atom stereocenters. The number of hydrogen-bond acceptors (Lipinski definition) is 4. The van der Waals surface area contributed by atoms with Crippen LogP contribution < -0.4 is 4.72 Å². The fourth-order valence-corrected chi connectivity index (χ4v) is 4.02. The number of benzene rings is 2. The van der Waals surface area contributed by atoms with Gasteiger partial charge in [0.25, 0.3) is 5.91 Å². The molecule has 1 amide bonds. The highest BCUT2D eigenvalue weighted by Crippen LogP contribution is 2.27. The van der Waals surface area contributed by atoms with Crippen molar-refractivity contribution < 1.29 is 13.2 Å². The van der Waals surface area contributed by atoms with Gasteiger partial charge in [0.1, 0.15) is 0 Å². The molecule has 0 aliphatic carbocycles. The van der Waals surface area contributed by atoms with E-state index in [2.05, 4.69) is 15.6 Å². The molecule has 1 atom stereocenters. The van der Waals surface area contributed by atoms with E-state index in [0.29, 0.717) is 5.56 Å². The fourth-order valence-electron chi connectivity index (χ4n) is 3.08. The van der Waals surface area contributed by atoms with Crippen molar-refractivity contribution in [2.75, 3.05) is 13.6 Å². The van der Waals surface area contributed by atoms with E-state index in [1.807, 2.05) is 48.5 Å². The molecule has 0 saturated carbocycles. The average Bonchev–Trinajstić information content (AvgIpc) is 2.79. The van der Waals surface area contributed by atoms with Crippen LogP contribution in [-0.4, -0.2) is 37.8 Å². The first-order chi connectivity index (χ1) is 14.4. The quantitative estimate of drug-likeness (QED) is 0.598. The van der Waals surface area contributed by atoms with Crippen LogP contribution in [0.5, 0.6) is 0 Å². The zero-order valence-corrected chi connectivity index (χ0v) is 17.2. The fraction of sp³-hybridized carbons (Fsp3) is 0.130. The lowest BCUT2D eigenvalue weighted by Crippen LogP contribution is -2.32. The van der Waals surface area contributed by atoms with Crippen molar-refractivity contribution >= 4 is 15.9 Å². The maximum Gasteiger partial charge on any atom is 0.254 e. The standard InChI is InChI=1S/C23H21N3O3S/c1-3-16-25-30(28,29)20-14-12-19(13-15-20)23(27)26(2)22(18-9-5-4-6-10-18)21-11-7-8-17-24-21/h1,4-15,17,22,25H,16H2,2H3. The molecule has 3 rings (SSSR count). The largest absolute Gasteiger partial charge is 0.329 e. The third-order valence-electron chi connectivity index (χ3n) is 4.57. The third-order valence-corrected chi connectivity index (χ3v) is 5.98. The first-order valence-corrected chi connectivity index (χ1v) is 10.7. The summed E-state index contributed by atoms with van der Waals surface area (Å²) in [5.41, 5.74) is 2.02. The molecule has 1 aromatic heterocycles. The second-order valence-electron chi connectivity index (χ2n) is 6.54. The summed E-state index contributed by atoms with van der Waals surface area (Å²) in [4.78, 5) is 19.2. The van der Waals surface area contributed by atoms with Gasteiger partial charge in [-0.05, 0) is 42.0 Å². The zero-order valence-electron chi connectivity index (χ0n) is 16.4. The Hall–Kier alpha value is -3.47. The monoisotopic (exact) mass is 419 g/mol. The second-order valence-corrected chi connectivity index (χ2v) is 8.30. The third kappa shape index (κ3) is 4.74. The van der Waals surface area contributed by atoms with Crippen LogP contribution in [0.2, 0.25) is 0 Å². The van der Waals surface area contributed by atoms with Gasteiger partial charge < -0.3 is 4.90 Å². The highest BCUT2D eigenvalue weighted by Gasteiger charge is 2.25. The van der Waals surface area contributed by atoms with Gasteiger partial charge in [-0.25, -0.2) is 8.42 Å². The molecule has 0 saturated heterocycles. The number of rotatable bonds is 7. The summed E-state index contributed by atoms with van der Waals surface area (Å²) in [7, 11) is -2.01. The minimum absolute atomic E-state index is 0.0429. The van der Waals surface area contributed by atoms with Crippen LogP contribution in [0.3, 0.4) is 0 Å². The number of hydrogen-bond donors (Lipinski definition) is 1. The van der Waals surface area contributed by atoms with Crippen LogP contribution in [-0.2, 0) is 10.0 Å². The van der Waals surface area contributed by atoms with Crippen molar-refractivity contribution in [3.8, 4) is 12.3 Å². The number of carbonyl (C=O) groups excluding carboxylic acids is 1. The Morgan fingerprint density at radius 1 is 1.07 bits per heavy atom. The Kier molecular flexibility index (Phi) is 6.62. The summed E-state index contributed by atoms with van der Waals surface area (Å²) < 4.78 is 26.6. The lowest BCUT2D eigenvalue weighted by Gasteiger charge is -2.28. The van der Waals surface area contributed by atoms with Crippen LogP contribution in [0.25, 0.3) is 0 Å². The Labute approximate surface area is 176 Å². The number of carbonyl (C=O) groups is 1. The summed E-state index contributed by atoms with van der Waals surface area (Å²) >= 11 is 0. The first kappa shape index (κ1) is 21.2.